The third-order valence-corrected chi connectivity index (χ3v) is 11.3. The molecule has 0 atom stereocenters. The average Bonchev–Trinajstić information content (AvgIpc) is 3.56. The summed E-state index contributed by atoms with van der Waals surface area (Å²) in [5.74, 6) is 0. The van der Waals surface area contributed by atoms with Gasteiger partial charge < -0.3 is 4.57 Å². The Hall–Kier alpha value is -6.44. The molecule has 0 saturated carbocycles. The number of aromatic nitrogens is 1. The quantitative estimate of drug-likeness (QED) is 0.168. The van der Waals surface area contributed by atoms with Crippen LogP contribution < -0.4 is 0 Å². The van der Waals surface area contributed by atoms with Crippen molar-refractivity contribution in [2.45, 2.75) is 13.3 Å². The number of rotatable bonds is 4. The van der Waals surface area contributed by atoms with Crippen molar-refractivity contribution >= 4 is 75.7 Å². The zero-order valence-corrected chi connectivity index (χ0v) is 28.3. The van der Waals surface area contributed by atoms with E-state index in [0.717, 1.165) is 6.42 Å². The predicted molar refractivity (Wildman–Crippen MR) is 220 cm³/mol. The molecule has 1 heterocycles. The Balaban J connectivity index is 1.11. The van der Waals surface area contributed by atoms with Gasteiger partial charge in [0, 0.05) is 21.8 Å². The predicted octanol–water partition coefficient (Wildman–Crippen LogP) is 13.9. The molecule has 0 bridgehead atoms. The number of hydrogen-bond donors (Lipinski definition) is 0. The van der Waals surface area contributed by atoms with Gasteiger partial charge in [-0.15, -0.1) is 0 Å². The van der Waals surface area contributed by atoms with Crippen LogP contribution in [-0.2, 0) is 6.42 Å². The highest BCUT2D eigenvalue weighted by atomic mass is 15.0. The van der Waals surface area contributed by atoms with Crippen LogP contribution in [0.3, 0.4) is 0 Å². The Morgan fingerprint density at radius 2 is 0.863 bits per heavy atom. The van der Waals surface area contributed by atoms with E-state index in [1.165, 1.54) is 109 Å². The van der Waals surface area contributed by atoms with E-state index in [9.17, 15) is 0 Å². The van der Waals surface area contributed by atoms with Crippen molar-refractivity contribution in [2.24, 2.45) is 0 Å². The summed E-state index contributed by atoms with van der Waals surface area (Å²) in [6.45, 7) is 2.21. The summed E-state index contributed by atoms with van der Waals surface area (Å²) in [5, 5.41) is 15.6. The summed E-state index contributed by atoms with van der Waals surface area (Å²) in [7, 11) is 0. The van der Waals surface area contributed by atoms with Crippen LogP contribution in [0.15, 0.2) is 170 Å². The van der Waals surface area contributed by atoms with Gasteiger partial charge in [-0.1, -0.05) is 159 Å². The second-order valence-corrected chi connectivity index (χ2v) is 13.9. The van der Waals surface area contributed by atoms with Crippen LogP contribution in [0, 0.1) is 0 Å². The first kappa shape index (κ1) is 28.4. The smallest absolute Gasteiger partial charge is 0.0625 e. The maximum atomic E-state index is 2.47. The lowest BCUT2D eigenvalue weighted by Gasteiger charge is -2.17. The molecule has 0 amide bonds. The standard InChI is InChI=1S/C50H33N/c1-2-31-15-17-32(18-16-31)37-27-21-34-24-30-43-38(28-22-35-23-29-42(37)47(34)48(35)43)33-19-25-36(26-20-33)51-46-14-8-7-13-45(46)49-41-11-5-3-9-39(41)40-10-4-6-12-44(40)50(49)51/h3-30H,2H2,1H3. The highest BCUT2D eigenvalue weighted by Gasteiger charge is 2.19. The van der Waals surface area contributed by atoms with Crippen molar-refractivity contribution in [1.82, 2.24) is 4.57 Å². The number of hydrogen-bond acceptors (Lipinski definition) is 0. The molecule has 0 radical (unpaired) electrons. The van der Waals surface area contributed by atoms with Crippen molar-refractivity contribution in [3.63, 3.8) is 0 Å². The molecule has 0 saturated heterocycles. The van der Waals surface area contributed by atoms with E-state index in [2.05, 4.69) is 181 Å². The SMILES string of the molecule is CCc1ccc(-c2ccc3ccc4c(-c5ccc(-n6c7ccccc7c7c8ccccc8c8ccccc8c76)cc5)ccc5ccc2c3c54)cc1. The molecule has 11 rings (SSSR count). The van der Waals surface area contributed by atoms with E-state index in [1.807, 2.05) is 0 Å². The number of aryl methyl sites for hydroxylation is 1. The molecule has 1 nitrogen and oxygen atoms in total. The van der Waals surface area contributed by atoms with E-state index in [0.29, 0.717) is 0 Å². The number of para-hydroxylation sites is 1. The summed E-state index contributed by atoms with van der Waals surface area (Å²) >= 11 is 0. The first-order valence-electron chi connectivity index (χ1n) is 18.0. The molecule has 0 spiro atoms. The van der Waals surface area contributed by atoms with E-state index >= 15 is 0 Å². The van der Waals surface area contributed by atoms with E-state index < -0.39 is 0 Å². The van der Waals surface area contributed by atoms with E-state index in [-0.39, 0.29) is 0 Å². The maximum Gasteiger partial charge on any atom is 0.0625 e. The molecule has 51 heavy (non-hydrogen) atoms. The molecule has 0 aliphatic heterocycles. The number of benzene rings is 10. The molecule has 1 aromatic heterocycles. The van der Waals surface area contributed by atoms with Crippen molar-refractivity contribution in [3.05, 3.63) is 175 Å². The minimum atomic E-state index is 1.05. The lowest BCUT2D eigenvalue weighted by molar-refractivity contribution is 1.14. The van der Waals surface area contributed by atoms with Crippen LogP contribution in [0.1, 0.15) is 12.5 Å². The Morgan fingerprint density at radius 3 is 1.47 bits per heavy atom. The number of nitrogens with zero attached hydrogens (tertiary/aromatic N) is 1. The molecule has 11 aromatic rings. The molecule has 0 unspecified atom stereocenters. The normalized spacial score (nSPS) is 12.1. The van der Waals surface area contributed by atoms with Crippen LogP contribution in [-0.4, -0.2) is 4.57 Å². The molecule has 0 aliphatic carbocycles. The molecular formula is C50H33N. The third kappa shape index (κ3) is 4.03. The van der Waals surface area contributed by atoms with Crippen molar-refractivity contribution in [2.75, 3.05) is 0 Å². The molecule has 0 N–H and O–H groups in total. The topological polar surface area (TPSA) is 4.93 Å². The highest BCUT2D eigenvalue weighted by molar-refractivity contribution is 6.32. The Labute approximate surface area is 296 Å². The second-order valence-electron chi connectivity index (χ2n) is 13.9. The summed E-state index contributed by atoms with van der Waals surface area (Å²) in [5.41, 5.74) is 10.1. The largest absolute Gasteiger partial charge is 0.309 e. The van der Waals surface area contributed by atoms with Crippen molar-refractivity contribution in [3.8, 4) is 27.9 Å². The van der Waals surface area contributed by atoms with Gasteiger partial charge in [0.2, 0.25) is 0 Å². The number of fused-ring (bicyclic) bond motifs is 8. The van der Waals surface area contributed by atoms with Crippen molar-refractivity contribution in [1.29, 1.82) is 0 Å². The molecular weight excluding hydrogens is 615 g/mol. The zero-order valence-electron chi connectivity index (χ0n) is 28.3. The van der Waals surface area contributed by atoms with Gasteiger partial charge in [0.25, 0.3) is 0 Å². The lowest BCUT2D eigenvalue weighted by atomic mass is 9.87. The van der Waals surface area contributed by atoms with Crippen molar-refractivity contribution < 1.29 is 0 Å². The average molecular weight is 648 g/mol. The van der Waals surface area contributed by atoms with Gasteiger partial charge in [-0.2, -0.15) is 0 Å². The van der Waals surface area contributed by atoms with Gasteiger partial charge in [-0.05, 0) is 101 Å². The zero-order chi connectivity index (χ0) is 33.6. The molecule has 238 valence electrons. The summed E-state index contributed by atoms with van der Waals surface area (Å²) in [4.78, 5) is 0. The first-order chi connectivity index (χ1) is 25.3. The monoisotopic (exact) mass is 647 g/mol. The highest BCUT2D eigenvalue weighted by Crippen LogP contribution is 2.44. The van der Waals surface area contributed by atoms with Gasteiger partial charge in [0.05, 0.1) is 11.0 Å². The first-order valence-corrected chi connectivity index (χ1v) is 18.0. The van der Waals surface area contributed by atoms with Gasteiger partial charge in [0.1, 0.15) is 0 Å². The third-order valence-electron chi connectivity index (χ3n) is 11.3. The van der Waals surface area contributed by atoms with Gasteiger partial charge in [-0.25, -0.2) is 0 Å². The van der Waals surface area contributed by atoms with Gasteiger partial charge in [-0.3, -0.25) is 0 Å². The Bertz CT molecular complexity index is 3140. The molecule has 0 fully saturated rings. The second kappa shape index (κ2) is 10.8. The Kier molecular flexibility index (Phi) is 6.00. The summed E-state index contributed by atoms with van der Waals surface area (Å²) in [6.07, 6.45) is 1.05. The van der Waals surface area contributed by atoms with Gasteiger partial charge in [0.15, 0.2) is 0 Å². The maximum absolute atomic E-state index is 2.47. The fourth-order valence-corrected chi connectivity index (χ4v) is 8.91. The molecule has 10 aromatic carbocycles. The molecule has 0 aliphatic rings. The van der Waals surface area contributed by atoms with Crippen LogP contribution in [0.5, 0.6) is 0 Å². The van der Waals surface area contributed by atoms with Crippen LogP contribution in [0.4, 0.5) is 0 Å². The lowest BCUT2D eigenvalue weighted by Crippen LogP contribution is -1.95. The summed E-state index contributed by atoms with van der Waals surface area (Å²) in [6, 6.07) is 63.4. The minimum Gasteiger partial charge on any atom is -0.309 e. The fourth-order valence-electron chi connectivity index (χ4n) is 8.91. The summed E-state index contributed by atoms with van der Waals surface area (Å²) < 4.78 is 2.47. The molecule has 1 heteroatoms. The minimum absolute atomic E-state index is 1.05. The fraction of sp³-hybridized carbons (Fsp3) is 0.0400. The van der Waals surface area contributed by atoms with E-state index in [4.69, 9.17) is 0 Å². The van der Waals surface area contributed by atoms with Crippen LogP contribution in [0.2, 0.25) is 0 Å². The Morgan fingerprint density at radius 1 is 0.373 bits per heavy atom. The van der Waals surface area contributed by atoms with Gasteiger partial charge >= 0.3 is 0 Å². The van der Waals surface area contributed by atoms with E-state index in [1.54, 1.807) is 0 Å². The van der Waals surface area contributed by atoms with Crippen LogP contribution in [0.25, 0.3) is 104 Å². The van der Waals surface area contributed by atoms with Crippen LogP contribution >= 0.6 is 0 Å².